The molecule has 78 valence electrons. The van der Waals surface area contributed by atoms with Gasteiger partial charge in [-0.1, -0.05) is 13.8 Å². The van der Waals surface area contributed by atoms with Crippen LogP contribution in [0.2, 0.25) is 0 Å². The van der Waals surface area contributed by atoms with Crippen LogP contribution in [0.3, 0.4) is 0 Å². The summed E-state index contributed by atoms with van der Waals surface area (Å²) in [5.74, 6) is -0.0336. The summed E-state index contributed by atoms with van der Waals surface area (Å²) in [6, 6.07) is -0.212. The van der Waals surface area contributed by atoms with E-state index >= 15 is 0 Å². The van der Waals surface area contributed by atoms with Gasteiger partial charge in [-0.05, 0) is 6.92 Å². The molecule has 0 aromatic rings. The van der Waals surface area contributed by atoms with Crippen molar-refractivity contribution in [3.8, 4) is 0 Å². The van der Waals surface area contributed by atoms with Crippen LogP contribution in [0.25, 0.3) is 0 Å². The highest BCUT2D eigenvalue weighted by Gasteiger charge is 2.19. The first kappa shape index (κ1) is 12.4. The summed E-state index contributed by atoms with van der Waals surface area (Å²) in [5, 5.41) is 14.6. The molecule has 13 heavy (non-hydrogen) atoms. The van der Waals surface area contributed by atoms with Gasteiger partial charge in [0.1, 0.15) is 0 Å². The van der Waals surface area contributed by atoms with Crippen LogP contribution in [0.15, 0.2) is 0 Å². The SMILES string of the molecule is CNC(=O)C(C)NCC(C)(C)CO. The monoisotopic (exact) mass is 188 g/mol. The lowest BCUT2D eigenvalue weighted by atomic mass is 9.94. The first-order chi connectivity index (χ1) is 5.93. The molecule has 3 N–H and O–H groups in total. The Morgan fingerprint density at radius 3 is 2.46 bits per heavy atom. The second kappa shape index (κ2) is 5.19. The number of hydrogen-bond acceptors (Lipinski definition) is 3. The van der Waals surface area contributed by atoms with Crippen LogP contribution < -0.4 is 10.6 Å². The second-order valence-electron chi connectivity index (χ2n) is 4.04. The van der Waals surface area contributed by atoms with E-state index in [1.165, 1.54) is 0 Å². The van der Waals surface area contributed by atoms with Crippen molar-refractivity contribution < 1.29 is 9.90 Å². The summed E-state index contributed by atoms with van der Waals surface area (Å²) in [4.78, 5) is 11.1. The van der Waals surface area contributed by atoms with E-state index in [9.17, 15) is 4.79 Å². The van der Waals surface area contributed by atoms with Crippen LogP contribution in [0.4, 0.5) is 0 Å². The molecule has 4 nitrogen and oxygen atoms in total. The van der Waals surface area contributed by atoms with Gasteiger partial charge >= 0.3 is 0 Å². The number of aliphatic hydroxyl groups excluding tert-OH is 1. The van der Waals surface area contributed by atoms with E-state index in [2.05, 4.69) is 10.6 Å². The molecular formula is C9H20N2O2. The molecule has 1 atom stereocenters. The third-order valence-corrected chi connectivity index (χ3v) is 1.95. The molecule has 0 saturated heterocycles. The van der Waals surface area contributed by atoms with E-state index < -0.39 is 0 Å². The average Bonchev–Trinajstić information content (AvgIpc) is 2.13. The van der Waals surface area contributed by atoms with Gasteiger partial charge in [-0.3, -0.25) is 4.79 Å². The summed E-state index contributed by atoms with van der Waals surface area (Å²) in [6.45, 7) is 6.41. The van der Waals surface area contributed by atoms with Crippen LogP contribution in [0, 0.1) is 5.41 Å². The molecule has 0 aromatic heterocycles. The van der Waals surface area contributed by atoms with Crippen molar-refractivity contribution in [3.05, 3.63) is 0 Å². The van der Waals surface area contributed by atoms with Gasteiger partial charge in [-0.25, -0.2) is 0 Å². The Labute approximate surface area is 79.7 Å². The Balaban J connectivity index is 3.82. The maximum atomic E-state index is 11.1. The maximum absolute atomic E-state index is 11.1. The van der Waals surface area contributed by atoms with Gasteiger partial charge < -0.3 is 15.7 Å². The number of rotatable bonds is 5. The van der Waals surface area contributed by atoms with E-state index in [1.807, 2.05) is 13.8 Å². The molecule has 0 aliphatic heterocycles. The topological polar surface area (TPSA) is 61.4 Å². The molecule has 4 heteroatoms. The number of hydrogen-bond donors (Lipinski definition) is 3. The zero-order chi connectivity index (χ0) is 10.5. The highest BCUT2D eigenvalue weighted by Crippen LogP contribution is 2.11. The molecule has 0 spiro atoms. The largest absolute Gasteiger partial charge is 0.396 e. The van der Waals surface area contributed by atoms with Gasteiger partial charge in [0.2, 0.25) is 5.91 Å². The van der Waals surface area contributed by atoms with E-state index in [-0.39, 0.29) is 24.0 Å². The zero-order valence-electron chi connectivity index (χ0n) is 8.85. The summed E-state index contributed by atoms with van der Waals surface area (Å²) >= 11 is 0. The fourth-order valence-electron chi connectivity index (χ4n) is 0.794. The number of carbonyl (C=O) groups excluding carboxylic acids is 1. The first-order valence-corrected chi connectivity index (χ1v) is 4.49. The van der Waals surface area contributed by atoms with Crippen molar-refractivity contribution in [2.75, 3.05) is 20.2 Å². The van der Waals surface area contributed by atoms with Crippen molar-refractivity contribution in [1.82, 2.24) is 10.6 Å². The van der Waals surface area contributed by atoms with Crippen molar-refractivity contribution in [1.29, 1.82) is 0 Å². The van der Waals surface area contributed by atoms with Gasteiger partial charge in [0, 0.05) is 25.6 Å². The Hall–Kier alpha value is -0.610. The number of nitrogens with one attached hydrogen (secondary N) is 2. The quantitative estimate of drug-likeness (QED) is 0.556. The van der Waals surface area contributed by atoms with Crippen LogP contribution in [0.5, 0.6) is 0 Å². The smallest absolute Gasteiger partial charge is 0.236 e. The Morgan fingerprint density at radius 2 is 2.08 bits per heavy atom. The standard InChI is InChI=1S/C9H20N2O2/c1-7(8(13)10-4)11-5-9(2,3)6-12/h7,11-12H,5-6H2,1-4H3,(H,10,13). The maximum Gasteiger partial charge on any atom is 0.236 e. The third-order valence-electron chi connectivity index (χ3n) is 1.95. The van der Waals surface area contributed by atoms with Crippen LogP contribution in [-0.2, 0) is 4.79 Å². The summed E-state index contributed by atoms with van der Waals surface area (Å²) < 4.78 is 0. The lowest BCUT2D eigenvalue weighted by Crippen LogP contribution is -2.45. The van der Waals surface area contributed by atoms with Gasteiger partial charge in [-0.2, -0.15) is 0 Å². The molecule has 0 fully saturated rings. The van der Waals surface area contributed by atoms with Crippen molar-refractivity contribution in [2.24, 2.45) is 5.41 Å². The number of carbonyl (C=O) groups is 1. The van der Waals surface area contributed by atoms with Crippen LogP contribution in [0.1, 0.15) is 20.8 Å². The molecule has 0 saturated carbocycles. The third kappa shape index (κ3) is 4.85. The molecule has 0 aliphatic carbocycles. The number of aliphatic hydroxyl groups is 1. The van der Waals surface area contributed by atoms with Gasteiger partial charge in [-0.15, -0.1) is 0 Å². The minimum atomic E-state index is -0.212. The molecular weight excluding hydrogens is 168 g/mol. The van der Waals surface area contributed by atoms with Crippen LogP contribution >= 0.6 is 0 Å². The number of likely N-dealkylation sites (N-methyl/N-ethyl adjacent to an activating group) is 1. The van der Waals surface area contributed by atoms with E-state index in [0.29, 0.717) is 6.54 Å². The fraction of sp³-hybridized carbons (Fsp3) is 0.889. The molecule has 0 aliphatic rings. The predicted molar refractivity (Wildman–Crippen MR) is 52.4 cm³/mol. The lowest BCUT2D eigenvalue weighted by molar-refractivity contribution is -0.122. The Bertz CT molecular complexity index is 169. The second-order valence-corrected chi connectivity index (χ2v) is 4.04. The lowest BCUT2D eigenvalue weighted by Gasteiger charge is -2.24. The first-order valence-electron chi connectivity index (χ1n) is 4.49. The predicted octanol–water partition coefficient (Wildman–Crippen LogP) is -0.271. The van der Waals surface area contributed by atoms with Gasteiger partial charge in [0.25, 0.3) is 0 Å². The van der Waals surface area contributed by atoms with Crippen molar-refractivity contribution in [2.45, 2.75) is 26.8 Å². The molecule has 1 unspecified atom stereocenters. The summed E-state index contributed by atoms with van der Waals surface area (Å²) in [7, 11) is 1.61. The van der Waals surface area contributed by atoms with Crippen molar-refractivity contribution >= 4 is 5.91 Å². The normalized spacial score (nSPS) is 13.9. The molecule has 0 rings (SSSR count). The van der Waals surface area contributed by atoms with Crippen molar-refractivity contribution in [3.63, 3.8) is 0 Å². The van der Waals surface area contributed by atoms with Gasteiger partial charge in [0.05, 0.1) is 6.04 Å². The molecule has 0 heterocycles. The Kier molecular flexibility index (Phi) is 4.95. The molecule has 0 bridgehead atoms. The molecule has 0 radical (unpaired) electrons. The summed E-state index contributed by atoms with van der Waals surface area (Å²) in [6.07, 6.45) is 0. The van der Waals surface area contributed by atoms with E-state index in [4.69, 9.17) is 5.11 Å². The molecule has 1 amide bonds. The Morgan fingerprint density at radius 1 is 1.54 bits per heavy atom. The summed E-state index contributed by atoms with van der Waals surface area (Å²) in [5.41, 5.74) is -0.178. The minimum absolute atomic E-state index is 0.0336. The fourth-order valence-corrected chi connectivity index (χ4v) is 0.794. The van der Waals surface area contributed by atoms with E-state index in [1.54, 1.807) is 14.0 Å². The highest BCUT2D eigenvalue weighted by atomic mass is 16.3. The van der Waals surface area contributed by atoms with Gasteiger partial charge in [0.15, 0.2) is 0 Å². The van der Waals surface area contributed by atoms with E-state index in [0.717, 1.165) is 0 Å². The van der Waals surface area contributed by atoms with Crippen LogP contribution in [-0.4, -0.2) is 37.3 Å². The number of amides is 1. The zero-order valence-corrected chi connectivity index (χ0v) is 8.85. The minimum Gasteiger partial charge on any atom is -0.396 e. The highest BCUT2D eigenvalue weighted by molar-refractivity contribution is 5.80. The average molecular weight is 188 g/mol. The molecule has 0 aromatic carbocycles.